The number of nitrogens with zero attached hydrogens (tertiary/aromatic N) is 3. The average Bonchev–Trinajstić information content (AvgIpc) is 3.18. The first-order chi connectivity index (χ1) is 11.1. The second kappa shape index (κ2) is 5.24. The summed E-state index contributed by atoms with van der Waals surface area (Å²) in [5.41, 5.74) is 3.79. The van der Waals surface area contributed by atoms with Gasteiger partial charge in [0.25, 0.3) is 5.91 Å². The van der Waals surface area contributed by atoms with Crippen LogP contribution in [0.3, 0.4) is 0 Å². The molecule has 0 saturated carbocycles. The zero-order valence-corrected chi connectivity index (χ0v) is 13.7. The minimum atomic E-state index is -0.0838. The van der Waals surface area contributed by atoms with Gasteiger partial charge in [-0.15, -0.1) is 11.3 Å². The number of amides is 1. The van der Waals surface area contributed by atoms with Gasteiger partial charge in [0.15, 0.2) is 4.96 Å². The molecule has 23 heavy (non-hydrogen) atoms. The highest BCUT2D eigenvalue weighted by atomic mass is 32.1. The number of carbonyl (C=O) groups is 1. The van der Waals surface area contributed by atoms with Gasteiger partial charge in [0.05, 0.1) is 17.8 Å². The Morgan fingerprint density at radius 1 is 1.39 bits per heavy atom. The number of fused-ring (bicyclic) bond motifs is 2. The molecular formula is C17H16N4OS. The molecule has 0 fully saturated rings. The Morgan fingerprint density at radius 3 is 3.04 bits per heavy atom. The topological polar surface area (TPSA) is 51.3 Å². The van der Waals surface area contributed by atoms with E-state index >= 15 is 0 Å². The zero-order valence-electron chi connectivity index (χ0n) is 12.9. The van der Waals surface area contributed by atoms with E-state index in [0.717, 1.165) is 21.6 Å². The lowest BCUT2D eigenvalue weighted by Crippen LogP contribution is -2.25. The van der Waals surface area contributed by atoms with Crippen molar-refractivity contribution in [3.05, 3.63) is 59.0 Å². The molecule has 0 aliphatic heterocycles. The molecule has 4 rings (SSSR count). The summed E-state index contributed by atoms with van der Waals surface area (Å²) < 4.78 is 3.91. The SMILES string of the molecule is Cc1cccc2cc(C(=O)NCc3cn4ccsc4n3)n(C)c12. The number of thiazole rings is 1. The van der Waals surface area contributed by atoms with Gasteiger partial charge in [0.2, 0.25) is 0 Å². The number of imidazole rings is 1. The van der Waals surface area contributed by atoms with Gasteiger partial charge in [-0.05, 0) is 18.6 Å². The molecule has 1 N–H and O–H groups in total. The van der Waals surface area contributed by atoms with Gasteiger partial charge < -0.3 is 9.88 Å². The molecular weight excluding hydrogens is 308 g/mol. The summed E-state index contributed by atoms with van der Waals surface area (Å²) in [5.74, 6) is -0.0838. The lowest BCUT2D eigenvalue weighted by atomic mass is 10.2. The highest BCUT2D eigenvalue weighted by Crippen LogP contribution is 2.22. The maximum Gasteiger partial charge on any atom is 0.268 e. The van der Waals surface area contributed by atoms with Gasteiger partial charge in [-0.1, -0.05) is 18.2 Å². The van der Waals surface area contributed by atoms with Crippen molar-refractivity contribution < 1.29 is 4.79 Å². The lowest BCUT2D eigenvalue weighted by Gasteiger charge is -2.06. The Labute approximate surface area is 137 Å². The fraction of sp³-hybridized carbons (Fsp3) is 0.176. The predicted molar refractivity (Wildman–Crippen MR) is 91.9 cm³/mol. The summed E-state index contributed by atoms with van der Waals surface area (Å²) in [4.78, 5) is 17.9. The zero-order chi connectivity index (χ0) is 16.0. The van der Waals surface area contributed by atoms with Gasteiger partial charge in [-0.2, -0.15) is 0 Å². The van der Waals surface area contributed by atoms with Crippen LogP contribution in [0.5, 0.6) is 0 Å². The van der Waals surface area contributed by atoms with Crippen molar-refractivity contribution in [1.29, 1.82) is 0 Å². The minimum Gasteiger partial charge on any atom is -0.345 e. The summed E-state index contributed by atoms with van der Waals surface area (Å²) in [5, 5.41) is 6.03. The van der Waals surface area contributed by atoms with Crippen molar-refractivity contribution in [2.24, 2.45) is 7.05 Å². The summed E-state index contributed by atoms with van der Waals surface area (Å²) >= 11 is 1.58. The maximum absolute atomic E-state index is 12.5. The van der Waals surface area contributed by atoms with E-state index in [-0.39, 0.29) is 5.91 Å². The molecule has 0 aliphatic rings. The van der Waals surface area contributed by atoms with E-state index in [1.165, 1.54) is 5.56 Å². The van der Waals surface area contributed by atoms with Crippen LogP contribution in [0.1, 0.15) is 21.7 Å². The van der Waals surface area contributed by atoms with Crippen LogP contribution >= 0.6 is 11.3 Å². The number of nitrogens with one attached hydrogen (secondary N) is 1. The van der Waals surface area contributed by atoms with Gasteiger partial charge in [0.1, 0.15) is 5.69 Å². The van der Waals surface area contributed by atoms with Crippen LogP contribution in [-0.4, -0.2) is 19.9 Å². The van der Waals surface area contributed by atoms with Crippen LogP contribution < -0.4 is 5.32 Å². The molecule has 0 radical (unpaired) electrons. The number of aromatic nitrogens is 3. The molecule has 4 aromatic rings. The summed E-state index contributed by atoms with van der Waals surface area (Å²) in [6, 6.07) is 8.03. The Kier molecular flexibility index (Phi) is 3.20. The molecule has 0 atom stereocenters. The standard InChI is InChI=1S/C17H16N4OS/c1-11-4-3-5-12-8-14(20(2)15(11)12)16(22)18-9-13-10-21-6-7-23-17(21)19-13/h3-8,10H,9H2,1-2H3,(H,18,22). The molecule has 1 aromatic carbocycles. The fourth-order valence-corrected chi connectivity index (χ4v) is 3.68. The van der Waals surface area contributed by atoms with Gasteiger partial charge in [0, 0.05) is 30.2 Å². The summed E-state index contributed by atoms with van der Waals surface area (Å²) in [6.45, 7) is 2.48. The van der Waals surface area contributed by atoms with E-state index < -0.39 is 0 Å². The van der Waals surface area contributed by atoms with E-state index in [1.807, 2.05) is 52.0 Å². The number of aryl methyl sites for hydroxylation is 2. The average molecular weight is 324 g/mol. The number of benzene rings is 1. The number of hydrogen-bond donors (Lipinski definition) is 1. The smallest absolute Gasteiger partial charge is 0.268 e. The Bertz CT molecular complexity index is 995. The first-order valence-corrected chi connectivity index (χ1v) is 8.26. The number of rotatable bonds is 3. The molecule has 6 heteroatoms. The minimum absolute atomic E-state index is 0.0838. The van der Waals surface area contributed by atoms with Crippen LogP contribution in [0, 0.1) is 6.92 Å². The molecule has 3 heterocycles. The van der Waals surface area contributed by atoms with E-state index in [9.17, 15) is 4.79 Å². The third-order valence-electron chi connectivity index (χ3n) is 4.06. The van der Waals surface area contributed by atoms with Crippen molar-refractivity contribution in [1.82, 2.24) is 19.3 Å². The number of para-hydroxylation sites is 1. The Hall–Kier alpha value is -2.60. The molecule has 0 unspecified atom stereocenters. The molecule has 0 spiro atoms. The first kappa shape index (κ1) is 14.0. The van der Waals surface area contributed by atoms with E-state index in [1.54, 1.807) is 11.3 Å². The Morgan fingerprint density at radius 2 is 2.26 bits per heavy atom. The van der Waals surface area contributed by atoms with E-state index in [0.29, 0.717) is 12.2 Å². The van der Waals surface area contributed by atoms with Crippen LogP contribution in [0.4, 0.5) is 0 Å². The van der Waals surface area contributed by atoms with Crippen molar-refractivity contribution in [2.45, 2.75) is 13.5 Å². The van der Waals surface area contributed by atoms with Crippen LogP contribution in [0.25, 0.3) is 15.9 Å². The van der Waals surface area contributed by atoms with E-state index in [2.05, 4.69) is 23.3 Å². The predicted octanol–water partition coefficient (Wildman–Crippen LogP) is 3.13. The third kappa shape index (κ3) is 2.31. The summed E-state index contributed by atoms with van der Waals surface area (Å²) in [6.07, 6.45) is 3.91. The lowest BCUT2D eigenvalue weighted by molar-refractivity contribution is 0.0943. The van der Waals surface area contributed by atoms with Crippen molar-refractivity contribution in [3.8, 4) is 0 Å². The molecule has 1 amide bonds. The van der Waals surface area contributed by atoms with Crippen LogP contribution in [0.2, 0.25) is 0 Å². The van der Waals surface area contributed by atoms with Gasteiger partial charge in [-0.25, -0.2) is 4.98 Å². The van der Waals surface area contributed by atoms with Crippen molar-refractivity contribution in [2.75, 3.05) is 0 Å². The number of hydrogen-bond acceptors (Lipinski definition) is 3. The fourth-order valence-electron chi connectivity index (χ4n) is 2.96. The Balaban J connectivity index is 1.58. The molecule has 0 bridgehead atoms. The third-order valence-corrected chi connectivity index (χ3v) is 4.83. The molecule has 3 aromatic heterocycles. The van der Waals surface area contributed by atoms with Gasteiger partial charge in [-0.3, -0.25) is 9.20 Å². The van der Waals surface area contributed by atoms with Crippen LogP contribution in [-0.2, 0) is 13.6 Å². The molecule has 116 valence electrons. The van der Waals surface area contributed by atoms with Crippen molar-refractivity contribution in [3.63, 3.8) is 0 Å². The molecule has 5 nitrogen and oxygen atoms in total. The van der Waals surface area contributed by atoms with E-state index in [4.69, 9.17) is 0 Å². The normalized spacial score (nSPS) is 11.4. The van der Waals surface area contributed by atoms with Crippen molar-refractivity contribution >= 4 is 33.1 Å². The largest absolute Gasteiger partial charge is 0.345 e. The molecule has 0 aliphatic carbocycles. The highest BCUT2D eigenvalue weighted by Gasteiger charge is 2.14. The second-order valence-electron chi connectivity index (χ2n) is 5.61. The van der Waals surface area contributed by atoms with Crippen LogP contribution in [0.15, 0.2) is 42.0 Å². The second-order valence-corrected chi connectivity index (χ2v) is 6.48. The monoisotopic (exact) mass is 324 g/mol. The molecule has 0 saturated heterocycles. The quantitative estimate of drug-likeness (QED) is 0.629. The first-order valence-electron chi connectivity index (χ1n) is 7.38. The number of carbonyl (C=O) groups excluding carboxylic acids is 1. The summed E-state index contributed by atoms with van der Waals surface area (Å²) in [7, 11) is 1.93. The van der Waals surface area contributed by atoms with Gasteiger partial charge >= 0.3 is 0 Å². The highest BCUT2D eigenvalue weighted by molar-refractivity contribution is 7.15. The maximum atomic E-state index is 12.5.